The van der Waals surface area contributed by atoms with Crippen molar-refractivity contribution in [2.24, 2.45) is 0 Å². The van der Waals surface area contributed by atoms with Gasteiger partial charge in [0.2, 0.25) is 0 Å². The molecular weight excluding hydrogens is 248 g/mol. The quantitative estimate of drug-likeness (QED) is 0.782. The van der Waals surface area contributed by atoms with Gasteiger partial charge >= 0.3 is 16.1 Å². The first-order chi connectivity index (χ1) is 7.81. The molecule has 0 heterocycles. The third-order valence-corrected chi connectivity index (χ3v) is 2.31. The Kier molecular flexibility index (Phi) is 3.95. The van der Waals surface area contributed by atoms with Crippen LogP contribution in [0.1, 0.15) is 5.56 Å². The number of aliphatic carboxylic acids is 1. The summed E-state index contributed by atoms with van der Waals surface area (Å²) in [6.45, 7) is 0. The minimum Gasteiger partial charge on any atom is -0.493 e. The van der Waals surface area contributed by atoms with Crippen molar-refractivity contribution in [3.63, 3.8) is 0 Å². The number of carboxylic acid groups (broad SMARTS) is 1. The fourth-order valence-corrected chi connectivity index (χ4v) is 1.69. The van der Waals surface area contributed by atoms with Crippen LogP contribution < -0.4 is 8.92 Å². The molecule has 0 aliphatic rings. The second-order valence-corrected chi connectivity index (χ2v) is 4.92. The highest BCUT2D eigenvalue weighted by Crippen LogP contribution is 2.29. The van der Waals surface area contributed by atoms with E-state index < -0.39 is 16.1 Å². The lowest BCUT2D eigenvalue weighted by Gasteiger charge is -2.09. The summed E-state index contributed by atoms with van der Waals surface area (Å²) in [5.41, 5.74) is 0.496. The summed E-state index contributed by atoms with van der Waals surface area (Å²) in [5, 5.41) is 8.62. The van der Waals surface area contributed by atoms with Crippen molar-refractivity contribution in [1.29, 1.82) is 0 Å². The van der Waals surface area contributed by atoms with E-state index >= 15 is 0 Å². The van der Waals surface area contributed by atoms with Crippen molar-refractivity contribution in [3.05, 3.63) is 23.8 Å². The third-order valence-electron chi connectivity index (χ3n) is 1.82. The van der Waals surface area contributed by atoms with Crippen LogP contribution in [-0.2, 0) is 21.3 Å². The molecule has 17 heavy (non-hydrogen) atoms. The first-order valence-corrected chi connectivity index (χ1v) is 6.41. The number of carbonyl (C=O) groups is 1. The second-order valence-electron chi connectivity index (χ2n) is 3.34. The smallest absolute Gasteiger partial charge is 0.307 e. The normalized spacial score (nSPS) is 10.9. The molecular formula is C10H12O6S. The van der Waals surface area contributed by atoms with E-state index in [0.29, 0.717) is 5.56 Å². The Hall–Kier alpha value is -1.76. The van der Waals surface area contributed by atoms with E-state index in [2.05, 4.69) is 4.18 Å². The van der Waals surface area contributed by atoms with Gasteiger partial charge in [0.05, 0.1) is 19.8 Å². The Balaban J connectivity index is 3.05. The van der Waals surface area contributed by atoms with Gasteiger partial charge in [0.25, 0.3) is 0 Å². The van der Waals surface area contributed by atoms with Gasteiger partial charge in [-0.1, -0.05) is 6.07 Å². The van der Waals surface area contributed by atoms with Gasteiger partial charge in [-0.15, -0.1) is 0 Å². The molecule has 0 amide bonds. The van der Waals surface area contributed by atoms with Crippen molar-refractivity contribution < 1.29 is 27.2 Å². The number of carboxylic acids is 1. The van der Waals surface area contributed by atoms with Gasteiger partial charge in [0, 0.05) is 0 Å². The first-order valence-electron chi connectivity index (χ1n) is 4.60. The van der Waals surface area contributed by atoms with E-state index in [4.69, 9.17) is 9.84 Å². The van der Waals surface area contributed by atoms with Crippen LogP contribution in [0.15, 0.2) is 18.2 Å². The highest BCUT2D eigenvalue weighted by molar-refractivity contribution is 7.86. The van der Waals surface area contributed by atoms with Crippen molar-refractivity contribution in [2.75, 3.05) is 13.4 Å². The van der Waals surface area contributed by atoms with E-state index in [1.807, 2.05) is 0 Å². The maximum Gasteiger partial charge on any atom is 0.307 e. The van der Waals surface area contributed by atoms with Gasteiger partial charge in [0.1, 0.15) is 0 Å². The lowest BCUT2D eigenvalue weighted by atomic mass is 10.1. The van der Waals surface area contributed by atoms with E-state index in [1.165, 1.54) is 25.3 Å². The molecule has 1 N–H and O–H groups in total. The van der Waals surface area contributed by atoms with E-state index in [1.54, 1.807) is 0 Å². The average molecular weight is 260 g/mol. The van der Waals surface area contributed by atoms with Gasteiger partial charge in [-0.05, 0) is 17.7 Å². The molecule has 1 aromatic rings. The van der Waals surface area contributed by atoms with E-state index in [0.717, 1.165) is 6.26 Å². The second kappa shape index (κ2) is 5.05. The number of benzene rings is 1. The summed E-state index contributed by atoms with van der Waals surface area (Å²) >= 11 is 0. The molecule has 0 bridgehead atoms. The molecule has 0 aliphatic carbocycles. The van der Waals surface area contributed by atoms with Crippen LogP contribution in [-0.4, -0.2) is 32.9 Å². The maximum absolute atomic E-state index is 11.0. The third kappa shape index (κ3) is 4.31. The Bertz CT molecular complexity index is 520. The van der Waals surface area contributed by atoms with Gasteiger partial charge in [-0.2, -0.15) is 8.42 Å². The molecule has 0 unspecified atom stereocenters. The Morgan fingerprint density at radius 3 is 2.47 bits per heavy atom. The van der Waals surface area contributed by atoms with Crippen LogP contribution in [0.5, 0.6) is 11.5 Å². The van der Waals surface area contributed by atoms with Gasteiger partial charge in [0.15, 0.2) is 11.5 Å². The van der Waals surface area contributed by atoms with Crippen LogP contribution in [0.4, 0.5) is 0 Å². The molecule has 0 radical (unpaired) electrons. The number of hydrogen-bond donors (Lipinski definition) is 1. The van der Waals surface area contributed by atoms with Gasteiger partial charge in [-0.3, -0.25) is 4.79 Å². The maximum atomic E-state index is 11.0. The summed E-state index contributed by atoms with van der Waals surface area (Å²) in [5.74, 6) is -0.776. The minimum absolute atomic E-state index is 0.0316. The number of hydrogen-bond acceptors (Lipinski definition) is 5. The highest BCUT2D eigenvalue weighted by atomic mass is 32.2. The van der Waals surface area contributed by atoms with Gasteiger partial charge < -0.3 is 14.0 Å². The molecule has 0 spiro atoms. The molecule has 1 aromatic carbocycles. The van der Waals surface area contributed by atoms with Crippen LogP contribution in [0.25, 0.3) is 0 Å². The number of rotatable bonds is 5. The monoisotopic (exact) mass is 260 g/mol. The Labute approximate surface area is 98.9 Å². The SMILES string of the molecule is COc1cc(CC(=O)O)ccc1OS(C)(=O)=O. The van der Waals surface area contributed by atoms with Crippen LogP contribution >= 0.6 is 0 Å². The van der Waals surface area contributed by atoms with Crippen molar-refractivity contribution in [2.45, 2.75) is 6.42 Å². The molecule has 0 aromatic heterocycles. The number of ether oxygens (including phenoxy) is 1. The predicted molar refractivity (Wildman–Crippen MR) is 59.8 cm³/mol. The topological polar surface area (TPSA) is 89.9 Å². The molecule has 7 heteroatoms. The van der Waals surface area contributed by atoms with Crippen LogP contribution in [0, 0.1) is 0 Å². The van der Waals surface area contributed by atoms with Crippen molar-refractivity contribution >= 4 is 16.1 Å². The van der Waals surface area contributed by atoms with E-state index in [-0.39, 0.29) is 17.9 Å². The molecule has 0 atom stereocenters. The zero-order valence-corrected chi connectivity index (χ0v) is 10.2. The summed E-state index contributed by atoms with van der Waals surface area (Å²) < 4.78 is 31.5. The molecule has 94 valence electrons. The fourth-order valence-electron chi connectivity index (χ4n) is 1.23. The fraction of sp³-hybridized carbons (Fsp3) is 0.300. The molecule has 6 nitrogen and oxygen atoms in total. The first kappa shape index (κ1) is 13.3. The van der Waals surface area contributed by atoms with Crippen molar-refractivity contribution in [1.82, 2.24) is 0 Å². The molecule has 1 rings (SSSR count). The van der Waals surface area contributed by atoms with E-state index in [9.17, 15) is 13.2 Å². The molecule has 0 saturated heterocycles. The minimum atomic E-state index is -3.64. The van der Waals surface area contributed by atoms with Gasteiger partial charge in [-0.25, -0.2) is 0 Å². The summed E-state index contributed by atoms with van der Waals surface area (Å²) in [6, 6.07) is 4.25. The lowest BCUT2D eigenvalue weighted by Crippen LogP contribution is -2.07. The Morgan fingerprint density at radius 2 is 2.00 bits per heavy atom. The largest absolute Gasteiger partial charge is 0.493 e. The molecule has 0 fully saturated rings. The summed E-state index contributed by atoms with van der Waals surface area (Å²) in [6.07, 6.45) is 0.743. The molecule has 0 aliphatic heterocycles. The zero-order chi connectivity index (χ0) is 13.1. The average Bonchev–Trinajstić information content (AvgIpc) is 2.17. The lowest BCUT2D eigenvalue weighted by molar-refractivity contribution is -0.136. The number of methoxy groups -OCH3 is 1. The van der Waals surface area contributed by atoms with Crippen molar-refractivity contribution in [3.8, 4) is 11.5 Å². The van der Waals surface area contributed by atoms with Crippen LogP contribution in [0.3, 0.4) is 0 Å². The Morgan fingerprint density at radius 1 is 1.35 bits per heavy atom. The summed E-state index contributed by atoms with van der Waals surface area (Å²) in [7, 11) is -2.30. The molecule has 0 saturated carbocycles. The standard InChI is InChI=1S/C10H12O6S/c1-15-9-5-7(6-10(11)12)3-4-8(9)16-17(2,13)14/h3-5H,6H2,1-2H3,(H,11,12). The predicted octanol–water partition coefficient (Wildman–Crippen LogP) is 0.661. The van der Waals surface area contributed by atoms with Crippen LogP contribution in [0.2, 0.25) is 0 Å². The zero-order valence-electron chi connectivity index (χ0n) is 9.34. The highest BCUT2D eigenvalue weighted by Gasteiger charge is 2.12. The summed E-state index contributed by atoms with van der Waals surface area (Å²) in [4.78, 5) is 10.5.